The Labute approximate surface area is 145 Å². The van der Waals surface area contributed by atoms with Gasteiger partial charge in [-0.3, -0.25) is 9.48 Å². The minimum absolute atomic E-state index is 0.0362. The van der Waals surface area contributed by atoms with E-state index in [9.17, 15) is 9.18 Å². The van der Waals surface area contributed by atoms with Crippen molar-refractivity contribution in [3.63, 3.8) is 0 Å². The smallest absolute Gasteiger partial charge is 0.248 e. The summed E-state index contributed by atoms with van der Waals surface area (Å²) in [6.45, 7) is 1.99. The van der Waals surface area contributed by atoms with E-state index in [1.54, 1.807) is 16.9 Å². The molecule has 0 radical (unpaired) electrons. The summed E-state index contributed by atoms with van der Waals surface area (Å²) in [4.78, 5) is 12.9. The summed E-state index contributed by atoms with van der Waals surface area (Å²) >= 11 is 6.03. The number of carbonyl (C=O) groups excluding carboxylic acids is 1. The van der Waals surface area contributed by atoms with Gasteiger partial charge in [-0.1, -0.05) is 17.7 Å². The molecule has 0 unspecified atom stereocenters. The average Bonchev–Trinajstić information content (AvgIpc) is 3.12. The van der Waals surface area contributed by atoms with Crippen LogP contribution in [0.5, 0.6) is 0 Å². The molecule has 7 heteroatoms. The van der Waals surface area contributed by atoms with Crippen LogP contribution in [0.3, 0.4) is 0 Å². The molecule has 0 atom stereocenters. The summed E-state index contributed by atoms with van der Waals surface area (Å²) in [7, 11) is 0. The number of aromatic nitrogens is 2. The normalized spacial score (nSPS) is 16.8. The lowest BCUT2D eigenvalue weighted by Gasteiger charge is -2.36. The van der Waals surface area contributed by atoms with Gasteiger partial charge >= 0.3 is 0 Å². The molecule has 1 fully saturated rings. The van der Waals surface area contributed by atoms with Gasteiger partial charge in [-0.2, -0.15) is 5.10 Å². The second-order valence-corrected chi connectivity index (χ2v) is 6.38. The van der Waals surface area contributed by atoms with E-state index in [1.165, 1.54) is 12.1 Å². The Hall–Kier alpha value is -1.92. The first kappa shape index (κ1) is 16.9. The predicted molar refractivity (Wildman–Crippen MR) is 90.4 cm³/mol. The Morgan fingerprint density at radius 3 is 2.88 bits per heavy atom. The third kappa shape index (κ3) is 3.44. The number of nitrogens with zero attached hydrogens (tertiary/aromatic N) is 2. The first-order valence-corrected chi connectivity index (χ1v) is 8.43. The summed E-state index contributed by atoms with van der Waals surface area (Å²) in [5, 5.41) is 10.9. The van der Waals surface area contributed by atoms with Crippen molar-refractivity contribution in [2.24, 2.45) is 0 Å². The van der Waals surface area contributed by atoms with Crippen molar-refractivity contribution in [1.82, 2.24) is 20.4 Å². The van der Waals surface area contributed by atoms with Crippen LogP contribution in [0.4, 0.5) is 4.39 Å². The third-order valence-corrected chi connectivity index (χ3v) is 4.84. The van der Waals surface area contributed by atoms with E-state index in [0.29, 0.717) is 30.8 Å². The van der Waals surface area contributed by atoms with Crippen LogP contribution < -0.4 is 10.6 Å². The molecule has 3 rings (SSSR count). The maximum Gasteiger partial charge on any atom is 0.248 e. The number of rotatable bonds is 5. The monoisotopic (exact) mass is 350 g/mol. The van der Waals surface area contributed by atoms with Gasteiger partial charge in [0.1, 0.15) is 11.4 Å². The highest BCUT2D eigenvalue weighted by atomic mass is 35.5. The van der Waals surface area contributed by atoms with Crippen molar-refractivity contribution in [2.45, 2.75) is 24.8 Å². The third-order valence-electron chi connectivity index (χ3n) is 4.49. The first-order chi connectivity index (χ1) is 11.6. The Morgan fingerprint density at radius 2 is 2.21 bits per heavy atom. The molecular weight excluding hydrogens is 331 g/mol. The number of hydrogen-bond acceptors (Lipinski definition) is 3. The highest BCUT2D eigenvalue weighted by Crippen LogP contribution is 2.27. The maximum absolute atomic E-state index is 13.1. The lowest BCUT2D eigenvalue weighted by atomic mass is 9.87. The standard InChI is InChI=1S/C17H20ClFN4O/c18-15-12-14(19)3-2-13(15)4-8-21-16(24)17(5-9-20-10-6-17)23-11-1-7-22-23/h1-3,7,11-12,20H,4-6,8-10H2,(H,21,24). The van der Waals surface area contributed by atoms with E-state index >= 15 is 0 Å². The minimum Gasteiger partial charge on any atom is -0.354 e. The van der Waals surface area contributed by atoms with Crippen LogP contribution >= 0.6 is 11.6 Å². The summed E-state index contributed by atoms with van der Waals surface area (Å²) in [6.07, 6.45) is 5.46. The number of amides is 1. The molecular formula is C17H20ClFN4O. The molecule has 5 nitrogen and oxygen atoms in total. The maximum atomic E-state index is 13.1. The van der Waals surface area contributed by atoms with Crippen LogP contribution in [0.25, 0.3) is 0 Å². The van der Waals surface area contributed by atoms with Crippen molar-refractivity contribution in [3.8, 4) is 0 Å². The van der Waals surface area contributed by atoms with Gasteiger partial charge < -0.3 is 10.6 Å². The fourth-order valence-corrected chi connectivity index (χ4v) is 3.38. The van der Waals surface area contributed by atoms with Crippen LogP contribution in [0.1, 0.15) is 18.4 Å². The lowest BCUT2D eigenvalue weighted by molar-refractivity contribution is -0.131. The van der Waals surface area contributed by atoms with E-state index in [1.807, 2.05) is 12.3 Å². The minimum atomic E-state index is -0.651. The first-order valence-electron chi connectivity index (χ1n) is 8.05. The van der Waals surface area contributed by atoms with E-state index in [2.05, 4.69) is 15.7 Å². The average molecular weight is 351 g/mol. The largest absolute Gasteiger partial charge is 0.354 e. The highest BCUT2D eigenvalue weighted by Gasteiger charge is 2.41. The molecule has 2 N–H and O–H groups in total. The molecule has 0 aliphatic carbocycles. The zero-order chi connectivity index (χ0) is 17.0. The van der Waals surface area contributed by atoms with Crippen molar-refractivity contribution in [1.29, 1.82) is 0 Å². The number of nitrogens with one attached hydrogen (secondary N) is 2. The number of halogens is 2. The Bertz CT molecular complexity index is 699. The quantitative estimate of drug-likeness (QED) is 0.868. The van der Waals surface area contributed by atoms with Crippen LogP contribution in [0, 0.1) is 5.82 Å². The molecule has 1 aromatic heterocycles. The number of benzene rings is 1. The van der Waals surface area contributed by atoms with Gasteiger partial charge in [-0.05, 0) is 56.1 Å². The molecule has 1 aliphatic heterocycles. The number of hydrogen-bond donors (Lipinski definition) is 2. The van der Waals surface area contributed by atoms with Crippen LogP contribution in [-0.2, 0) is 16.8 Å². The molecule has 0 spiro atoms. The van der Waals surface area contributed by atoms with Crippen molar-refractivity contribution < 1.29 is 9.18 Å². The van der Waals surface area contributed by atoms with Crippen molar-refractivity contribution >= 4 is 17.5 Å². The second kappa shape index (κ2) is 7.32. The van der Waals surface area contributed by atoms with Crippen molar-refractivity contribution in [2.75, 3.05) is 19.6 Å². The molecule has 1 amide bonds. The Balaban J connectivity index is 1.66. The predicted octanol–water partition coefficient (Wildman–Crippen LogP) is 2.11. The summed E-state index contributed by atoms with van der Waals surface area (Å²) < 4.78 is 14.8. The number of carbonyl (C=O) groups is 1. The van der Waals surface area contributed by atoms with Crippen LogP contribution in [-0.4, -0.2) is 35.3 Å². The van der Waals surface area contributed by atoms with Gasteiger partial charge in [0.25, 0.3) is 0 Å². The Kier molecular flexibility index (Phi) is 5.16. The summed E-state index contributed by atoms with van der Waals surface area (Å²) in [5.41, 5.74) is 0.165. The Morgan fingerprint density at radius 1 is 1.42 bits per heavy atom. The van der Waals surface area contributed by atoms with Crippen LogP contribution in [0.15, 0.2) is 36.7 Å². The summed E-state index contributed by atoms with van der Waals surface area (Å²) in [5.74, 6) is -0.397. The summed E-state index contributed by atoms with van der Waals surface area (Å²) in [6, 6.07) is 6.14. The van der Waals surface area contributed by atoms with Gasteiger partial charge in [0.2, 0.25) is 5.91 Å². The van der Waals surface area contributed by atoms with E-state index in [4.69, 9.17) is 11.6 Å². The van der Waals surface area contributed by atoms with E-state index < -0.39 is 5.54 Å². The highest BCUT2D eigenvalue weighted by molar-refractivity contribution is 6.31. The molecule has 1 aliphatic rings. The fourth-order valence-electron chi connectivity index (χ4n) is 3.12. The molecule has 1 saturated heterocycles. The fraction of sp³-hybridized carbons (Fsp3) is 0.412. The van der Waals surface area contributed by atoms with Gasteiger partial charge in [-0.15, -0.1) is 0 Å². The topological polar surface area (TPSA) is 59.0 Å². The van der Waals surface area contributed by atoms with Gasteiger partial charge in [0, 0.05) is 24.0 Å². The van der Waals surface area contributed by atoms with E-state index in [-0.39, 0.29) is 11.7 Å². The molecule has 128 valence electrons. The van der Waals surface area contributed by atoms with Crippen LogP contribution in [0.2, 0.25) is 5.02 Å². The zero-order valence-electron chi connectivity index (χ0n) is 13.3. The van der Waals surface area contributed by atoms with Gasteiger partial charge in [-0.25, -0.2) is 4.39 Å². The lowest BCUT2D eigenvalue weighted by Crippen LogP contribution is -2.54. The molecule has 24 heavy (non-hydrogen) atoms. The molecule has 0 bridgehead atoms. The molecule has 0 saturated carbocycles. The van der Waals surface area contributed by atoms with Gasteiger partial charge in [0.15, 0.2) is 0 Å². The van der Waals surface area contributed by atoms with Gasteiger partial charge in [0.05, 0.1) is 0 Å². The second-order valence-electron chi connectivity index (χ2n) is 5.97. The van der Waals surface area contributed by atoms with Crippen molar-refractivity contribution in [3.05, 3.63) is 53.1 Å². The zero-order valence-corrected chi connectivity index (χ0v) is 14.0. The molecule has 2 aromatic rings. The van der Waals surface area contributed by atoms with E-state index in [0.717, 1.165) is 18.7 Å². The molecule has 1 aromatic carbocycles. The SMILES string of the molecule is O=C(NCCc1ccc(F)cc1Cl)C1(n2cccn2)CCNCC1. The number of piperidine rings is 1. The molecule has 2 heterocycles.